The van der Waals surface area contributed by atoms with Crippen LogP contribution in [0.15, 0.2) is 12.2 Å². The molecule has 0 aromatic rings. The van der Waals surface area contributed by atoms with Gasteiger partial charge in [0.15, 0.2) is 0 Å². The number of nitrogens with two attached hydrogens (primary N) is 1. The maximum atomic E-state index is 5.91. The fourth-order valence-electron chi connectivity index (χ4n) is 3.29. The van der Waals surface area contributed by atoms with Crippen LogP contribution in [-0.2, 0) is 0 Å². The van der Waals surface area contributed by atoms with E-state index in [0.29, 0.717) is 17.4 Å². The molecule has 0 aromatic heterocycles. The predicted molar refractivity (Wildman–Crippen MR) is 73.9 cm³/mol. The molecule has 2 aliphatic rings. The van der Waals surface area contributed by atoms with Gasteiger partial charge in [0.25, 0.3) is 0 Å². The zero-order valence-electron chi connectivity index (χ0n) is 11.7. The average molecular weight is 236 g/mol. The molecule has 0 spiro atoms. The number of hydrogen-bond donors (Lipinski definition) is 1. The lowest BCUT2D eigenvalue weighted by molar-refractivity contribution is 0.119. The predicted octanol–water partition coefficient (Wildman–Crippen LogP) is 2.79. The van der Waals surface area contributed by atoms with Crippen molar-refractivity contribution in [1.29, 1.82) is 0 Å². The molecule has 0 bridgehead atoms. The molecule has 2 N–H and O–H groups in total. The largest absolute Gasteiger partial charge is 0.324 e. The summed E-state index contributed by atoms with van der Waals surface area (Å²) in [5, 5.41) is 0. The van der Waals surface area contributed by atoms with Crippen LogP contribution in [0.25, 0.3) is 0 Å². The summed E-state index contributed by atoms with van der Waals surface area (Å²) in [6.45, 7) is 6.00. The molecule has 0 radical (unpaired) electrons. The molecule has 98 valence electrons. The van der Waals surface area contributed by atoms with E-state index in [9.17, 15) is 0 Å². The van der Waals surface area contributed by atoms with Gasteiger partial charge in [0.2, 0.25) is 0 Å². The van der Waals surface area contributed by atoms with E-state index in [1.54, 1.807) is 0 Å². The van der Waals surface area contributed by atoms with Crippen LogP contribution in [0.3, 0.4) is 0 Å². The molecule has 0 saturated heterocycles. The van der Waals surface area contributed by atoms with E-state index >= 15 is 0 Å². The number of nitrogens with zero attached hydrogens (tertiary/aromatic N) is 1. The van der Waals surface area contributed by atoms with Gasteiger partial charge in [-0.1, -0.05) is 26.0 Å². The van der Waals surface area contributed by atoms with Gasteiger partial charge >= 0.3 is 0 Å². The SMILES string of the molecule is CN(CC1C=CC(N)C1)C1CCC(C)(C)CC1. The Kier molecular flexibility index (Phi) is 3.94. The summed E-state index contributed by atoms with van der Waals surface area (Å²) in [6, 6.07) is 1.10. The summed E-state index contributed by atoms with van der Waals surface area (Å²) in [6.07, 6.45) is 11.1. The van der Waals surface area contributed by atoms with E-state index in [4.69, 9.17) is 5.73 Å². The topological polar surface area (TPSA) is 29.3 Å². The van der Waals surface area contributed by atoms with Crippen molar-refractivity contribution in [1.82, 2.24) is 4.90 Å². The van der Waals surface area contributed by atoms with Crippen LogP contribution >= 0.6 is 0 Å². The Morgan fingerprint density at radius 2 is 1.88 bits per heavy atom. The zero-order valence-corrected chi connectivity index (χ0v) is 11.7. The monoisotopic (exact) mass is 236 g/mol. The first-order valence-electron chi connectivity index (χ1n) is 7.10. The third kappa shape index (κ3) is 3.56. The third-order valence-electron chi connectivity index (χ3n) is 4.66. The van der Waals surface area contributed by atoms with Gasteiger partial charge in [-0.3, -0.25) is 0 Å². The minimum atomic E-state index is 0.304. The Hall–Kier alpha value is -0.340. The second-order valence-electron chi connectivity index (χ2n) is 6.88. The van der Waals surface area contributed by atoms with Crippen LogP contribution in [0.5, 0.6) is 0 Å². The summed E-state index contributed by atoms with van der Waals surface area (Å²) < 4.78 is 0. The molecule has 2 heteroatoms. The molecule has 2 atom stereocenters. The fraction of sp³-hybridized carbons (Fsp3) is 0.867. The normalized spacial score (nSPS) is 33.5. The van der Waals surface area contributed by atoms with Gasteiger partial charge in [-0.15, -0.1) is 0 Å². The van der Waals surface area contributed by atoms with Crippen LogP contribution in [0, 0.1) is 11.3 Å². The van der Waals surface area contributed by atoms with Crippen molar-refractivity contribution in [3.05, 3.63) is 12.2 Å². The van der Waals surface area contributed by atoms with Crippen molar-refractivity contribution in [2.24, 2.45) is 17.1 Å². The Morgan fingerprint density at radius 3 is 2.41 bits per heavy atom. The molecule has 2 unspecified atom stereocenters. The Balaban J connectivity index is 1.77. The number of hydrogen-bond acceptors (Lipinski definition) is 2. The summed E-state index contributed by atoms with van der Waals surface area (Å²) in [5.74, 6) is 0.685. The molecule has 0 aliphatic heterocycles. The van der Waals surface area contributed by atoms with Gasteiger partial charge in [0.05, 0.1) is 0 Å². The van der Waals surface area contributed by atoms with Crippen LogP contribution in [0.2, 0.25) is 0 Å². The molecule has 1 saturated carbocycles. The molecular formula is C15H28N2. The summed E-state index contributed by atoms with van der Waals surface area (Å²) >= 11 is 0. The number of rotatable bonds is 3. The molecule has 17 heavy (non-hydrogen) atoms. The molecule has 2 rings (SSSR count). The highest BCUT2D eigenvalue weighted by atomic mass is 15.1. The Labute approximate surface area is 106 Å². The minimum Gasteiger partial charge on any atom is -0.324 e. The van der Waals surface area contributed by atoms with E-state index in [0.717, 1.165) is 12.5 Å². The van der Waals surface area contributed by atoms with Crippen molar-refractivity contribution in [3.8, 4) is 0 Å². The molecule has 0 heterocycles. The van der Waals surface area contributed by atoms with E-state index in [1.165, 1.54) is 32.2 Å². The van der Waals surface area contributed by atoms with Gasteiger partial charge in [-0.25, -0.2) is 0 Å². The maximum absolute atomic E-state index is 5.91. The zero-order chi connectivity index (χ0) is 12.5. The van der Waals surface area contributed by atoms with Gasteiger partial charge in [0, 0.05) is 18.6 Å². The third-order valence-corrected chi connectivity index (χ3v) is 4.66. The maximum Gasteiger partial charge on any atom is 0.0229 e. The van der Waals surface area contributed by atoms with Crippen molar-refractivity contribution in [3.63, 3.8) is 0 Å². The van der Waals surface area contributed by atoms with Crippen molar-refractivity contribution in [2.45, 2.75) is 58.0 Å². The van der Waals surface area contributed by atoms with E-state index < -0.39 is 0 Å². The van der Waals surface area contributed by atoms with E-state index in [1.807, 2.05) is 0 Å². The summed E-state index contributed by atoms with van der Waals surface area (Å²) in [5.41, 5.74) is 6.49. The first-order valence-corrected chi connectivity index (χ1v) is 7.10. The average Bonchev–Trinajstić information content (AvgIpc) is 2.63. The minimum absolute atomic E-state index is 0.304. The molecule has 1 fully saturated rings. The summed E-state index contributed by atoms with van der Waals surface area (Å²) in [7, 11) is 2.29. The molecule has 2 aliphatic carbocycles. The molecular weight excluding hydrogens is 208 g/mol. The van der Waals surface area contributed by atoms with Crippen LogP contribution in [0.4, 0.5) is 0 Å². The van der Waals surface area contributed by atoms with Gasteiger partial charge in [-0.2, -0.15) is 0 Å². The van der Waals surface area contributed by atoms with Crippen molar-refractivity contribution < 1.29 is 0 Å². The van der Waals surface area contributed by atoms with E-state index in [2.05, 4.69) is 37.9 Å². The Bertz CT molecular complexity index is 273. The molecule has 0 amide bonds. The molecule has 2 nitrogen and oxygen atoms in total. The Morgan fingerprint density at radius 1 is 1.24 bits per heavy atom. The highest BCUT2D eigenvalue weighted by Crippen LogP contribution is 2.36. The van der Waals surface area contributed by atoms with E-state index in [-0.39, 0.29) is 0 Å². The lowest BCUT2D eigenvalue weighted by atomic mass is 9.75. The standard InChI is InChI=1S/C15H28N2/c1-15(2)8-6-14(7-9-15)17(3)11-12-4-5-13(16)10-12/h4-5,12-14H,6-11,16H2,1-3H3. The quantitative estimate of drug-likeness (QED) is 0.764. The molecule has 0 aromatic carbocycles. The lowest BCUT2D eigenvalue weighted by Gasteiger charge is -2.39. The smallest absolute Gasteiger partial charge is 0.0229 e. The van der Waals surface area contributed by atoms with Crippen molar-refractivity contribution >= 4 is 0 Å². The lowest BCUT2D eigenvalue weighted by Crippen LogP contribution is -2.39. The van der Waals surface area contributed by atoms with Gasteiger partial charge in [-0.05, 0) is 50.5 Å². The highest BCUT2D eigenvalue weighted by Gasteiger charge is 2.29. The van der Waals surface area contributed by atoms with Gasteiger partial charge < -0.3 is 10.6 Å². The second-order valence-corrected chi connectivity index (χ2v) is 6.88. The first kappa shape index (κ1) is 13.1. The second kappa shape index (κ2) is 5.11. The first-order chi connectivity index (χ1) is 7.96. The van der Waals surface area contributed by atoms with Crippen LogP contribution in [-0.4, -0.2) is 30.6 Å². The fourth-order valence-corrected chi connectivity index (χ4v) is 3.29. The van der Waals surface area contributed by atoms with Crippen LogP contribution in [0.1, 0.15) is 46.0 Å². The summed E-state index contributed by atoms with van der Waals surface area (Å²) in [4.78, 5) is 2.57. The highest BCUT2D eigenvalue weighted by molar-refractivity contribution is 5.05. The van der Waals surface area contributed by atoms with Crippen LogP contribution < -0.4 is 5.73 Å². The van der Waals surface area contributed by atoms with Crippen molar-refractivity contribution in [2.75, 3.05) is 13.6 Å². The van der Waals surface area contributed by atoms with Gasteiger partial charge in [0.1, 0.15) is 0 Å².